The molecular formula is C17H21F3N2O4. The summed E-state index contributed by atoms with van der Waals surface area (Å²) in [7, 11) is 1.30. The standard InChI is InChI=1S/C17H21F3N2O4/c1-10(11-6-8-22(9-7-11)16(25)26-2)21-15(24)12-4-3-5-13(14(12)23)17(18,19)20/h3-5,10-11,23H,6-9H2,1-2H3,(H,21,24). The minimum absolute atomic E-state index is 0.0628. The second-order valence-corrected chi connectivity index (χ2v) is 6.26. The third kappa shape index (κ3) is 4.39. The van der Waals surface area contributed by atoms with E-state index in [1.54, 1.807) is 11.8 Å². The van der Waals surface area contributed by atoms with Crippen molar-refractivity contribution < 1.29 is 32.6 Å². The molecule has 9 heteroatoms. The van der Waals surface area contributed by atoms with Crippen molar-refractivity contribution in [3.05, 3.63) is 29.3 Å². The van der Waals surface area contributed by atoms with Crippen LogP contribution in [0.4, 0.5) is 18.0 Å². The summed E-state index contributed by atoms with van der Waals surface area (Å²) >= 11 is 0. The lowest BCUT2D eigenvalue weighted by molar-refractivity contribution is -0.138. The van der Waals surface area contributed by atoms with Crippen molar-refractivity contribution in [2.24, 2.45) is 5.92 Å². The molecule has 1 heterocycles. The molecule has 1 aromatic rings. The quantitative estimate of drug-likeness (QED) is 0.853. The molecule has 1 aliphatic rings. The predicted octanol–water partition coefficient (Wildman–Crippen LogP) is 3.01. The fourth-order valence-electron chi connectivity index (χ4n) is 3.07. The van der Waals surface area contributed by atoms with Crippen molar-refractivity contribution in [2.75, 3.05) is 20.2 Å². The zero-order chi connectivity index (χ0) is 19.5. The van der Waals surface area contributed by atoms with Gasteiger partial charge in [0.15, 0.2) is 0 Å². The number of methoxy groups -OCH3 is 1. The third-order valence-corrected chi connectivity index (χ3v) is 4.62. The zero-order valence-electron chi connectivity index (χ0n) is 14.5. The number of nitrogens with zero attached hydrogens (tertiary/aromatic N) is 1. The van der Waals surface area contributed by atoms with E-state index in [2.05, 4.69) is 10.1 Å². The fraction of sp³-hybridized carbons (Fsp3) is 0.529. The molecule has 1 unspecified atom stereocenters. The van der Waals surface area contributed by atoms with E-state index in [0.717, 1.165) is 18.2 Å². The Labute approximate surface area is 148 Å². The largest absolute Gasteiger partial charge is 0.506 e. The molecule has 144 valence electrons. The Morgan fingerprint density at radius 3 is 2.46 bits per heavy atom. The van der Waals surface area contributed by atoms with Crippen LogP contribution < -0.4 is 5.32 Å². The second kappa shape index (κ2) is 7.84. The number of carbonyl (C=O) groups excluding carboxylic acids is 2. The van der Waals surface area contributed by atoms with E-state index >= 15 is 0 Å². The molecule has 0 radical (unpaired) electrons. The third-order valence-electron chi connectivity index (χ3n) is 4.62. The van der Waals surface area contributed by atoms with Crippen molar-refractivity contribution in [1.82, 2.24) is 10.2 Å². The molecule has 2 amide bonds. The van der Waals surface area contributed by atoms with Crippen molar-refractivity contribution in [1.29, 1.82) is 0 Å². The summed E-state index contributed by atoms with van der Waals surface area (Å²) < 4.78 is 43.2. The van der Waals surface area contributed by atoms with Crippen molar-refractivity contribution in [2.45, 2.75) is 32.0 Å². The van der Waals surface area contributed by atoms with Crippen LogP contribution in [0.3, 0.4) is 0 Å². The van der Waals surface area contributed by atoms with Gasteiger partial charge in [0.2, 0.25) is 0 Å². The first-order valence-corrected chi connectivity index (χ1v) is 8.18. The van der Waals surface area contributed by atoms with Crippen LogP contribution in [0.15, 0.2) is 18.2 Å². The highest BCUT2D eigenvalue weighted by atomic mass is 19.4. The number of alkyl halides is 3. The van der Waals surface area contributed by atoms with E-state index in [9.17, 15) is 27.9 Å². The Morgan fingerprint density at radius 1 is 1.31 bits per heavy atom. The Morgan fingerprint density at radius 2 is 1.92 bits per heavy atom. The highest BCUT2D eigenvalue weighted by Gasteiger charge is 2.36. The smallest absolute Gasteiger partial charge is 0.419 e. The molecule has 1 aromatic carbocycles. The van der Waals surface area contributed by atoms with Gasteiger partial charge in [0.25, 0.3) is 5.91 Å². The molecule has 2 rings (SSSR count). The lowest BCUT2D eigenvalue weighted by Crippen LogP contribution is -2.45. The van der Waals surface area contributed by atoms with Gasteiger partial charge < -0.3 is 20.1 Å². The number of phenolic OH excluding ortho intramolecular Hbond substituents is 1. The first-order valence-electron chi connectivity index (χ1n) is 8.18. The van der Waals surface area contributed by atoms with Crippen LogP contribution >= 0.6 is 0 Å². The van der Waals surface area contributed by atoms with E-state index in [0.29, 0.717) is 25.9 Å². The molecule has 26 heavy (non-hydrogen) atoms. The van der Waals surface area contributed by atoms with Gasteiger partial charge in [-0.1, -0.05) is 6.07 Å². The van der Waals surface area contributed by atoms with Crippen LogP contribution in [0, 0.1) is 5.92 Å². The molecule has 6 nitrogen and oxygen atoms in total. The Balaban J connectivity index is 2.01. The van der Waals surface area contributed by atoms with Crippen LogP contribution in [0.5, 0.6) is 5.75 Å². The van der Waals surface area contributed by atoms with Gasteiger partial charge in [-0.3, -0.25) is 4.79 Å². The van der Waals surface area contributed by atoms with Crippen LogP contribution in [-0.2, 0) is 10.9 Å². The molecule has 0 bridgehead atoms. The summed E-state index contributed by atoms with van der Waals surface area (Å²) in [5.74, 6) is -1.78. The van der Waals surface area contributed by atoms with E-state index in [4.69, 9.17) is 0 Å². The number of para-hydroxylation sites is 1. The van der Waals surface area contributed by atoms with Gasteiger partial charge in [0.1, 0.15) is 5.75 Å². The maximum Gasteiger partial charge on any atom is 0.419 e. The summed E-state index contributed by atoms with van der Waals surface area (Å²) in [6.07, 6.45) is -3.89. The van der Waals surface area contributed by atoms with Crippen molar-refractivity contribution >= 4 is 12.0 Å². The number of ether oxygens (including phenoxy) is 1. The molecular weight excluding hydrogens is 353 g/mol. The molecule has 1 saturated heterocycles. The topological polar surface area (TPSA) is 78.9 Å². The number of piperidine rings is 1. The Bertz CT molecular complexity index is 670. The van der Waals surface area contributed by atoms with E-state index in [1.807, 2.05) is 0 Å². The van der Waals surface area contributed by atoms with Crippen molar-refractivity contribution in [3.8, 4) is 5.75 Å². The number of hydrogen-bond donors (Lipinski definition) is 2. The lowest BCUT2D eigenvalue weighted by Gasteiger charge is -2.34. The van der Waals surface area contributed by atoms with Crippen LogP contribution in [0.1, 0.15) is 35.7 Å². The Hall–Kier alpha value is -2.45. The number of halogens is 3. The highest BCUT2D eigenvalue weighted by Crippen LogP contribution is 2.37. The maximum absolute atomic E-state index is 12.8. The van der Waals surface area contributed by atoms with Gasteiger partial charge in [-0.2, -0.15) is 13.2 Å². The molecule has 0 saturated carbocycles. The van der Waals surface area contributed by atoms with Gasteiger partial charge in [-0.25, -0.2) is 4.79 Å². The van der Waals surface area contributed by atoms with Crippen LogP contribution in [0.2, 0.25) is 0 Å². The van der Waals surface area contributed by atoms with E-state index < -0.39 is 35.1 Å². The van der Waals surface area contributed by atoms with Gasteiger partial charge in [-0.15, -0.1) is 0 Å². The number of likely N-dealkylation sites (tertiary alicyclic amines) is 1. The summed E-state index contributed by atoms with van der Waals surface area (Å²) in [5, 5.41) is 12.4. The summed E-state index contributed by atoms with van der Waals surface area (Å²) in [6.45, 7) is 2.71. The molecule has 1 fully saturated rings. The average molecular weight is 374 g/mol. The monoisotopic (exact) mass is 374 g/mol. The maximum atomic E-state index is 12.8. The number of phenols is 1. The molecule has 0 aromatic heterocycles. The normalized spacial score (nSPS) is 16.9. The average Bonchev–Trinajstić information content (AvgIpc) is 2.60. The minimum atomic E-state index is -4.74. The molecule has 2 N–H and O–H groups in total. The minimum Gasteiger partial charge on any atom is -0.506 e. The first-order chi connectivity index (χ1) is 12.1. The lowest BCUT2D eigenvalue weighted by atomic mass is 9.90. The molecule has 0 spiro atoms. The summed E-state index contributed by atoms with van der Waals surface area (Å²) in [4.78, 5) is 25.3. The van der Waals surface area contributed by atoms with Crippen LogP contribution in [0.25, 0.3) is 0 Å². The zero-order valence-corrected chi connectivity index (χ0v) is 14.5. The number of benzene rings is 1. The highest BCUT2D eigenvalue weighted by molar-refractivity contribution is 5.97. The number of amides is 2. The number of rotatable bonds is 3. The van der Waals surface area contributed by atoms with Gasteiger partial charge in [-0.05, 0) is 37.8 Å². The number of carbonyl (C=O) groups is 2. The number of aromatic hydroxyl groups is 1. The SMILES string of the molecule is COC(=O)N1CCC(C(C)NC(=O)c2cccc(C(F)(F)F)c2O)CC1. The van der Waals surface area contributed by atoms with Crippen molar-refractivity contribution in [3.63, 3.8) is 0 Å². The predicted molar refractivity (Wildman–Crippen MR) is 86.7 cm³/mol. The summed E-state index contributed by atoms with van der Waals surface area (Å²) in [6, 6.07) is 2.62. The van der Waals surface area contributed by atoms with Gasteiger partial charge in [0, 0.05) is 19.1 Å². The summed E-state index contributed by atoms with van der Waals surface area (Å²) in [5.41, 5.74) is -1.66. The number of nitrogens with one attached hydrogen (secondary N) is 1. The Kier molecular flexibility index (Phi) is 5.99. The second-order valence-electron chi connectivity index (χ2n) is 6.26. The van der Waals surface area contributed by atoms with Gasteiger partial charge in [0.05, 0.1) is 18.2 Å². The molecule has 1 atom stereocenters. The van der Waals surface area contributed by atoms with Gasteiger partial charge >= 0.3 is 12.3 Å². The fourth-order valence-corrected chi connectivity index (χ4v) is 3.07. The van der Waals surface area contributed by atoms with Crippen LogP contribution in [-0.4, -0.2) is 48.2 Å². The molecule has 0 aliphatic carbocycles. The first kappa shape index (κ1) is 19.9. The van der Waals surface area contributed by atoms with E-state index in [-0.39, 0.29) is 12.0 Å². The number of hydrogen-bond acceptors (Lipinski definition) is 4. The van der Waals surface area contributed by atoms with E-state index in [1.165, 1.54) is 7.11 Å². The molecule has 1 aliphatic heterocycles.